The molecule has 0 saturated carbocycles. The van der Waals surface area contributed by atoms with Gasteiger partial charge in [0.1, 0.15) is 0 Å². The van der Waals surface area contributed by atoms with E-state index in [4.69, 9.17) is 16.3 Å². The van der Waals surface area contributed by atoms with Crippen molar-refractivity contribution >= 4 is 23.5 Å². The minimum Gasteiger partial charge on any atom is -0.452 e. The first kappa shape index (κ1) is 19.6. The van der Waals surface area contributed by atoms with Crippen LogP contribution in [-0.4, -0.2) is 28.3 Å². The van der Waals surface area contributed by atoms with Crippen molar-refractivity contribution in [1.29, 1.82) is 0 Å². The molecule has 144 valence electrons. The van der Waals surface area contributed by atoms with E-state index >= 15 is 0 Å². The molecule has 0 aliphatic carbocycles. The number of nitrogens with one attached hydrogen (secondary N) is 1. The number of esters is 1. The topological polar surface area (TPSA) is 73.2 Å². The highest BCUT2D eigenvalue weighted by Crippen LogP contribution is 2.22. The second-order valence-corrected chi connectivity index (χ2v) is 6.66. The van der Waals surface area contributed by atoms with Crippen LogP contribution in [0.1, 0.15) is 27.3 Å². The minimum absolute atomic E-state index is 0.333. The van der Waals surface area contributed by atoms with Crippen molar-refractivity contribution in [2.45, 2.75) is 20.4 Å². The summed E-state index contributed by atoms with van der Waals surface area (Å²) in [6.07, 6.45) is 0. The predicted octanol–water partition coefficient (Wildman–Crippen LogP) is 3.62. The fourth-order valence-corrected chi connectivity index (χ4v) is 2.79. The van der Waals surface area contributed by atoms with Crippen LogP contribution in [0.5, 0.6) is 0 Å². The quantitative estimate of drug-likeness (QED) is 0.645. The number of hydrogen-bond donors (Lipinski definition) is 1. The Morgan fingerprint density at radius 1 is 1.07 bits per heavy atom. The largest absolute Gasteiger partial charge is 0.452 e. The molecule has 0 unspecified atom stereocenters. The van der Waals surface area contributed by atoms with Gasteiger partial charge in [0.25, 0.3) is 5.91 Å². The second-order valence-electron chi connectivity index (χ2n) is 6.28. The molecule has 0 spiro atoms. The standard InChI is InChI=1S/C21H20ClN3O3/c1-14-20(22)15(2)25(24-14)18-10-8-17(9-11-18)21(27)28-13-19(26)23-12-16-6-4-3-5-7-16/h3-11H,12-13H2,1-2H3,(H,23,26). The third-order valence-corrected chi connectivity index (χ3v) is 4.76. The maximum atomic E-state index is 12.2. The van der Waals surface area contributed by atoms with Crippen molar-refractivity contribution in [3.8, 4) is 5.69 Å². The zero-order valence-electron chi connectivity index (χ0n) is 15.6. The van der Waals surface area contributed by atoms with Gasteiger partial charge in [-0.1, -0.05) is 41.9 Å². The van der Waals surface area contributed by atoms with Crippen molar-refractivity contribution < 1.29 is 14.3 Å². The van der Waals surface area contributed by atoms with Crippen LogP contribution >= 0.6 is 11.6 Å². The summed E-state index contributed by atoms with van der Waals surface area (Å²) in [4.78, 5) is 24.0. The lowest BCUT2D eigenvalue weighted by Crippen LogP contribution is -2.28. The number of benzene rings is 2. The smallest absolute Gasteiger partial charge is 0.338 e. The highest BCUT2D eigenvalue weighted by Gasteiger charge is 2.13. The maximum absolute atomic E-state index is 12.2. The first-order chi connectivity index (χ1) is 13.5. The summed E-state index contributed by atoms with van der Waals surface area (Å²) in [5.74, 6) is -0.918. The SMILES string of the molecule is Cc1nn(-c2ccc(C(=O)OCC(=O)NCc3ccccc3)cc2)c(C)c1Cl. The molecule has 0 saturated heterocycles. The van der Waals surface area contributed by atoms with Crippen LogP contribution in [0.25, 0.3) is 5.69 Å². The molecule has 0 fully saturated rings. The lowest BCUT2D eigenvalue weighted by atomic mass is 10.2. The van der Waals surface area contributed by atoms with Crippen LogP contribution in [0.3, 0.4) is 0 Å². The summed E-state index contributed by atoms with van der Waals surface area (Å²) in [5.41, 5.74) is 3.67. The molecule has 6 nitrogen and oxygen atoms in total. The van der Waals surface area contributed by atoms with Crippen LogP contribution in [0.2, 0.25) is 5.02 Å². The van der Waals surface area contributed by atoms with E-state index in [0.29, 0.717) is 17.1 Å². The Bertz CT molecular complexity index is 982. The van der Waals surface area contributed by atoms with Crippen LogP contribution in [0.15, 0.2) is 54.6 Å². The average molecular weight is 398 g/mol. The molecule has 1 N–H and O–H groups in total. The van der Waals surface area contributed by atoms with Gasteiger partial charge < -0.3 is 10.1 Å². The Hall–Kier alpha value is -3.12. The fourth-order valence-electron chi connectivity index (χ4n) is 2.68. The number of halogens is 1. The normalized spacial score (nSPS) is 10.5. The number of rotatable bonds is 6. The summed E-state index contributed by atoms with van der Waals surface area (Å²) >= 11 is 6.17. The molecule has 3 aromatic rings. The van der Waals surface area contributed by atoms with Crippen molar-refractivity contribution in [1.82, 2.24) is 15.1 Å². The molecule has 0 radical (unpaired) electrons. The number of carbonyl (C=O) groups excluding carboxylic acids is 2. The van der Waals surface area contributed by atoms with Gasteiger partial charge in [-0.3, -0.25) is 4.79 Å². The Balaban J connectivity index is 1.54. The molecular formula is C21H20ClN3O3. The third kappa shape index (κ3) is 4.58. The van der Waals surface area contributed by atoms with Gasteiger partial charge in [0.2, 0.25) is 0 Å². The Kier molecular flexibility index (Phi) is 6.11. The van der Waals surface area contributed by atoms with Crippen LogP contribution in [0, 0.1) is 13.8 Å². The van der Waals surface area contributed by atoms with E-state index in [9.17, 15) is 9.59 Å². The van der Waals surface area contributed by atoms with E-state index in [0.717, 1.165) is 22.6 Å². The van der Waals surface area contributed by atoms with Gasteiger partial charge in [-0.25, -0.2) is 9.48 Å². The zero-order valence-corrected chi connectivity index (χ0v) is 16.4. The van der Waals surface area contributed by atoms with Crippen molar-refractivity contribution in [3.05, 3.63) is 82.1 Å². The molecule has 1 amide bonds. The summed E-state index contributed by atoms with van der Waals surface area (Å²) in [5, 5.41) is 7.70. The summed E-state index contributed by atoms with van der Waals surface area (Å²) in [6.45, 7) is 3.76. The van der Waals surface area contributed by atoms with Gasteiger partial charge in [-0.15, -0.1) is 0 Å². The van der Waals surface area contributed by atoms with E-state index in [-0.39, 0.29) is 12.5 Å². The van der Waals surface area contributed by atoms with Crippen LogP contribution in [-0.2, 0) is 16.1 Å². The molecule has 1 heterocycles. The Morgan fingerprint density at radius 3 is 2.36 bits per heavy atom. The highest BCUT2D eigenvalue weighted by atomic mass is 35.5. The number of aryl methyl sites for hydroxylation is 1. The molecule has 0 bridgehead atoms. The van der Waals surface area contributed by atoms with E-state index < -0.39 is 5.97 Å². The lowest BCUT2D eigenvalue weighted by Gasteiger charge is -2.08. The molecule has 1 aromatic heterocycles. The molecule has 0 aliphatic heterocycles. The molecule has 0 atom stereocenters. The zero-order chi connectivity index (χ0) is 20.1. The Morgan fingerprint density at radius 2 is 1.75 bits per heavy atom. The van der Waals surface area contributed by atoms with E-state index in [1.165, 1.54) is 0 Å². The van der Waals surface area contributed by atoms with Crippen molar-refractivity contribution in [2.24, 2.45) is 0 Å². The van der Waals surface area contributed by atoms with Crippen LogP contribution < -0.4 is 5.32 Å². The molecular weight excluding hydrogens is 378 g/mol. The van der Waals surface area contributed by atoms with Crippen LogP contribution in [0.4, 0.5) is 0 Å². The van der Waals surface area contributed by atoms with Gasteiger partial charge in [0.15, 0.2) is 6.61 Å². The number of nitrogens with zero attached hydrogens (tertiary/aromatic N) is 2. The number of ether oxygens (including phenoxy) is 1. The number of aromatic nitrogens is 2. The van der Waals surface area contributed by atoms with Gasteiger partial charge in [0, 0.05) is 6.54 Å². The van der Waals surface area contributed by atoms with Gasteiger partial charge in [-0.05, 0) is 43.7 Å². The van der Waals surface area contributed by atoms with Gasteiger partial charge in [0.05, 0.1) is 27.7 Å². The fraction of sp³-hybridized carbons (Fsp3) is 0.190. The average Bonchev–Trinajstić information content (AvgIpc) is 2.98. The van der Waals surface area contributed by atoms with E-state index in [2.05, 4.69) is 10.4 Å². The molecule has 2 aromatic carbocycles. The highest BCUT2D eigenvalue weighted by molar-refractivity contribution is 6.31. The molecule has 7 heteroatoms. The van der Waals surface area contributed by atoms with Crippen molar-refractivity contribution in [2.75, 3.05) is 6.61 Å². The third-order valence-electron chi connectivity index (χ3n) is 4.22. The maximum Gasteiger partial charge on any atom is 0.338 e. The lowest BCUT2D eigenvalue weighted by molar-refractivity contribution is -0.124. The predicted molar refractivity (Wildman–Crippen MR) is 107 cm³/mol. The summed E-state index contributed by atoms with van der Waals surface area (Å²) in [7, 11) is 0. The molecule has 0 aliphatic rings. The number of hydrogen-bond acceptors (Lipinski definition) is 4. The Labute approximate surface area is 168 Å². The minimum atomic E-state index is -0.562. The summed E-state index contributed by atoms with van der Waals surface area (Å²) < 4.78 is 6.79. The second kappa shape index (κ2) is 8.71. The molecule has 28 heavy (non-hydrogen) atoms. The van der Waals surface area contributed by atoms with Gasteiger partial charge in [-0.2, -0.15) is 5.10 Å². The first-order valence-electron chi connectivity index (χ1n) is 8.75. The summed E-state index contributed by atoms with van der Waals surface area (Å²) in [6, 6.07) is 16.3. The first-order valence-corrected chi connectivity index (χ1v) is 9.13. The van der Waals surface area contributed by atoms with E-state index in [1.807, 2.05) is 44.2 Å². The number of carbonyl (C=O) groups is 2. The monoisotopic (exact) mass is 397 g/mol. The van der Waals surface area contributed by atoms with Crippen molar-refractivity contribution in [3.63, 3.8) is 0 Å². The number of amides is 1. The molecule has 3 rings (SSSR count). The van der Waals surface area contributed by atoms with E-state index in [1.54, 1.807) is 28.9 Å². The van der Waals surface area contributed by atoms with Gasteiger partial charge >= 0.3 is 5.97 Å².